The summed E-state index contributed by atoms with van der Waals surface area (Å²) in [5.41, 5.74) is 7.41. The second-order valence-corrected chi connectivity index (χ2v) is 12.6. The van der Waals surface area contributed by atoms with Gasteiger partial charge in [0, 0.05) is 41.2 Å². The first-order valence-corrected chi connectivity index (χ1v) is 14.7. The smallest absolute Gasteiger partial charge is 0.356 e. The second kappa shape index (κ2) is 9.45. The van der Waals surface area contributed by atoms with E-state index in [1.54, 1.807) is 0 Å². The zero-order valence-electron chi connectivity index (χ0n) is 22.4. The van der Waals surface area contributed by atoms with Crippen LogP contribution in [0, 0.1) is 19.3 Å². The molecular weight excluding hydrogens is 510 g/mol. The van der Waals surface area contributed by atoms with Gasteiger partial charge in [-0.2, -0.15) is 4.37 Å². The van der Waals surface area contributed by atoms with Gasteiger partial charge < -0.3 is 19.3 Å². The second-order valence-electron chi connectivity index (χ2n) is 11.8. The Labute approximate surface area is 231 Å². The van der Waals surface area contributed by atoms with Crippen LogP contribution in [0.1, 0.15) is 77.4 Å². The number of carbonyl (C=O) groups is 1. The van der Waals surface area contributed by atoms with E-state index in [0.29, 0.717) is 17.9 Å². The molecule has 0 unspecified atom stereocenters. The van der Waals surface area contributed by atoms with Gasteiger partial charge in [0.2, 0.25) is 0 Å². The van der Waals surface area contributed by atoms with E-state index in [-0.39, 0.29) is 11.8 Å². The van der Waals surface area contributed by atoms with Gasteiger partial charge in [0.1, 0.15) is 11.5 Å². The van der Waals surface area contributed by atoms with Crippen LogP contribution in [-0.2, 0) is 11.3 Å². The number of carboxylic acids is 1. The molecule has 0 radical (unpaired) electrons. The van der Waals surface area contributed by atoms with Crippen LogP contribution in [0.5, 0.6) is 0 Å². The molecule has 2 saturated carbocycles. The summed E-state index contributed by atoms with van der Waals surface area (Å²) in [4.78, 5) is 13.8. The highest BCUT2D eigenvalue weighted by Crippen LogP contribution is 2.52. The number of ether oxygens (including phenoxy) is 1. The Morgan fingerprint density at radius 3 is 2.59 bits per heavy atom. The van der Waals surface area contributed by atoms with Gasteiger partial charge >= 0.3 is 5.97 Å². The van der Waals surface area contributed by atoms with Crippen LogP contribution in [0.4, 0.5) is 5.69 Å². The molecule has 1 saturated heterocycles. The summed E-state index contributed by atoms with van der Waals surface area (Å²) in [5.74, 6) is 0.555. The van der Waals surface area contributed by atoms with Crippen LogP contribution in [0.25, 0.3) is 21.3 Å². The number of aromatic nitrogens is 2. The van der Waals surface area contributed by atoms with Gasteiger partial charge in [-0.25, -0.2) is 4.79 Å². The van der Waals surface area contributed by atoms with Gasteiger partial charge in [-0.3, -0.25) is 0 Å². The first-order valence-electron chi connectivity index (χ1n) is 14.0. The van der Waals surface area contributed by atoms with Crippen LogP contribution in [0.3, 0.4) is 0 Å². The van der Waals surface area contributed by atoms with Crippen LogP contribution in [0.15, 0.2) is 40.9 Å². The number of nitrogens with zero attached hydrogens (tertiary/aromatic N) is 3. The fourth-order valence-corrected chi connectivity index (χ4v) is 7.46. The third kappa shape index (κ3) is 4.43. The number of benzene rings is 2. The Morgan fingerprint density at radius 1 is 1.15 bits per heavy atom. The Morgan fingerprint density at radius 2 is 1.90 bits per heavy atom. The van der Waals surface area contributed by atoms with E-state index in [2.05, 4.69) is 52.5 Å². The van der Waals surface area contributed by atoms with Crippen molar-refractivity contribution in [2.75, 3.05) is 18.0 Å². The summed E-state index contributed by atoms with van der Waals surface area (Å²) in [6.07, 6.45) is 7.16. The molecule has 4 aromatic rings. The molecule has 2 aromatic carbocycles. The van der Waals surface area contributed by atoms with Crippen LogP contribution in [-0.4, -0.2) is 39.8 Å². The van der Waals surface area contributed by atoms with Crippen molar-refractivity contribution < 1.29 is 19.2 Å². The van der Waals surface area contributed by atoms with E-state index in [9.17, 15) is 9.90 Å². The topological polar surface area (TPSA) is 88.7 Å². The predicted molar refractivity (Wildman–Crippen MR) is 152 cm³/mol. The molecular formula is C31H33N3O4S. The molecule has 2 aromatic heterocycles. The predicted octanol–water partition coefficient (Wildman–Crippen LogP) is 7.11. The molecule has 39 heavy (non-hydrogen) atoms. The normalized spacial score (nSPS) is 19.1. The lowest BCUT2D eigenvalue weighted by Crippen LogP contribution is -2.50. The minimum atomic E-state index is -0.968. The number of rotatable bonds is 7. The van der Waals surface area contributed by atoms with Gasteiger partial charge in [-0.1, -0.05) is 23.4 Å². The summed E-state index contributed by atoms with van der Waals surface area (Å²) >= 11 is 1.26. The van der Waals surface area contributed by atoms with Crippen molar-refractivity contribution in [3.05, 3.63) is 64.5 Å². The van der Waals surface area contributed by atoms with E-state index in [4.69, 9.17) is 9.26 Å². The number of aryl methyl sites for hydroxylation is 2. The Balaban J connectivity index is 0.988. The highest BCUT2D eigenvalue weighted by molar-refractivity contribution is 7.13. The molecule has 0 atom stereocenters. The average molecular weight is 544 g/mol. The lowest BCUT2D eigenvalue weighted by molar-refractivity contribution is -0.0979. The van der Waals surface area contributed by atoms with Crippen LogP contribution in [0.2, 0.25) is 0 Å². The Hall–Kier alpha value is -3.23. The van der Waals surface area contributed by atoms with Gasteiger partial charge in [-0.15, -0.1) is 0 Å². The standard InChI is InChI=1S/C31H33N3O4S/c1-18-4-3-5-19(2)26(18)27-24(29(38-32-27)20-6-7-20)17-37-22-15-31(16-22)10-12-34(13-11-31)21-8-9-23-25(14-21)39-33-28(23)30(35)36/h3-5,8-9,14,20,22H,6-7,10-13,15-17H2,1-2H3,(H,35,36). The molecule has 3 heterocycles. The van der Waals surface area contributed by atoms with Crippen LogP contribution < -0.4 is 4.90 Å². The number of hydrogen-bond donors (Lipinski definition) is 1. The van der Waals surface area contributed by atoms with E-state index in [0.717, 1.165) is 71.6 Å². The van der Waals surface area contributed by atoms with E-state index < -0.39 is 5.97 Å². The number of hydrogen-bond acceptors (Lipinski definition) is 7. The number of piperidine rings is 1. The van der Waals surface area contributed by atoms with Crippen molar-refractivity contribution in [3.8, 4) is 11.3 Å². The molecule has 1 aliphatic heterocycles. The van der Waals surface area contributed by atoms with Gasteiger partial charge in [-0.05, 0) is 98.6 Å². The molecule has 202 valence electrons. The maximum atomic E-state index is 11.4. The molecule has 1 N–H and O–H groups in total. The summed E-state index contributed by atoms with van der Waals surface area (Å²) < 4.78 is 17.5. The van der Waals surface area contributed by atoms with E-state index in [1.807, 2.05) is 12.1 Å². The largest absolute Gasteiger partial charge is 0.476 e. The summed E-state index contributed by atoms with van der Waals surface area (Å²) in [5, 5.41) is 14.6. The quantitative estimate of drug-likeness (QED) is 0.266. The average Bonchev–Trinajstić information content (AvgIpc) is 3.52. The molecule has 3 fully saturated rings. The molecule has 0 amide bonds. The van der Waals surface area contributed by atoms with Gasteiger partial charge in [0.25, 0.3) is 0 Å². The number of carboxylic acid groups (broad SMARTS) is 1. The van der Waals surface area contributed by atoms with E-state index in [1.165, 1.54) is 41.1 Å². The number of fused-ring (bicyclic) bond motifs is 1. The highest BCUT2D eigenvalue weighted by Gasteiger charge is 2.46. The Kier molecular flexibility index (Phi) is 6.01. The SMILES string of the molecule is Cc1cccc(C)c1-c1noc(C2CC2)c1COC1CC2(CCN(c3ccc4c(C(=O)O)nsc4c3)CC2)C1. The van der Waals surface area contributed by atoms with Crippen molar-refractivity contribution in [2.45, 2.75) is 71.0 Å². The zero-order chi connectivity index (χ0) is 26.7. The number of anilines is 1. The Bertz CT molecular complexity index is 1530. The van der Waals surface area contributed by atoms with Crippen molar-refractivity contribution >= 4 is 33.3 Å². The van der Waals surface area contributed by atoms with Crippen molar-refractivity contribution in [1.82, 2.24) is 9.53 Å². The highest BCUT2D eigenvalue weighted by atomic mass is 32.1. The number of aromatic carboxylic acids is 1. The maximum Gasteiger partial charge on any atom is 0.356 e. The maximum absolute atomic E-state index is 11.4. The summed E-state index contributed by atoms with van der Waals surface area (Å²) in [7, 11) is 0. The van der Waals surface area contributed by atoms with Gasteiger partial charge in [0.05, 0.1) is 17.4 Å². The first-order chi connectivity index (χ1) is 18.9. The molecule has 0 bridgehead atoms. The first kappa shape index (κ1) is 24.8. The van der Waals surface area contributed by atoms with Crippen LogP contribution >= 0.6 is 11.5 Å². The molecule has 7 rings (SSSR count). The molecule has 3 aliphatic rings. The lowest BCUT2D eigenvalue weighted by atomic mass is 9.61. The molecule has 8 heteroatoms. The van der Waals surface area contributed by atoms with Gasteiger partial charge in [0.15, 0.2) is 5.69 Å². The van der Waals surface area contributed by atoms with Crippen molar-refractivity contribution in [2.24, 2.45) is 5.41 Å². The fourth-order valence-electron chi connectivity index (χ4n) is 6.66. The van der Waals surface area contributed by atoms with E-state index >= 15 is 0 Å². The molecule has 2 aliphatic carbocycles. The third-order valence-corrected chi connectivity index (χ3v) is 9.93. The lowest BCUT2D eigenvalue weighted by Gasteiger charge is -2.52. The van der Waals surface area contributed by atoms with Crippen molar-refractivity contribution in [1.29, 1.82) is 0 Å². The summed E-state index contributed by atoms with van der Waals surface area (Å²) in [6, 6.07) is 12.4. The molecule has 1 spiro atoms. The summed E-state index contributed by atoms with van der Waals surface area (Å²) in [6.45, 7) is 6.87. The molecule has 7 nitrogen and oxygen atoms in total. The minimum absolute atomic E-state index is 0.149. The van der Waals surface area contributed by atoms with Crippen molar-refractivity contribution in [3.63, 3.8) is 0 Å². The minimum Gasteiger partial charge on any atom is -0.476 e. The monoisotopic (exact) mass is 543 g/mol. The fraction of sp³-hybridized carbons (Fsp3) is 0.452. The zero-order valence-corrected chi connectivity index (χ0v) is 23.2. The third-order valence-electron chi connectivity index (χ3n) is 9.12.